The largest absolute Gasteiger partial charge is 0.496 e. The number of halogens is 3. The molecule has 0 aliphatic rings. The van der Waals surface area contributed by atoms with Gasteiger partial charge < -0.3 is 4.74 Å². The van der Waals surface area contributed by atoms with E-state index in [4.69, 9.17) is 16.3 Å². The zero-order valence-corrected chi connectivity index (χ0v) is 12.9. The summed E-state index contributed by atoms with van der Waals surface area (Å²) in [4.78, 5) is 0. The van der Waals surface area contributed by atoms with Gasteiger partial charge in [-0.3, -0.25) is 0 Å². The molecule has 0 bridgehead atoms. The van der Waals surface area contributed by atoms with Gasteiger partial charge in [-0.05, 0) is 31.2 Å². The molecule has 100 valence electrons. The Labute approximate surface area is 125 Å². The van der Waals surface area contributed by atoms with Crippen LogP contribution in [0.1, 0.15) is 22.1 Å². The van der Waals surface area contributed by atoms with Gasteiger partial charge >= 0.3 is 0 Å². The highest BCUT2D eigenvalue weighted by Crippen LogP contribution is 2.37. The van der Waals surface area contributed by atoms with Crippen LogP contribution in [-0.2, 0) is 0 Å². The smallest absolute Gasteiger partial charge is 0.128 e. The van der Waals surface area contributed by atoms with E-state index in [1.54, 1.807) is 19.2 Å². The molecule has 1 nitrogen and oxygen atoms in total. The Morgan fingerprint density at radius 2 is 1.89 bits per heavy atom. The summed E-state index contributed by atoms with van der Waals surface area (Å²) in [5.41, 5.74) is 2.25. The Bertz CT molecular complexity index is 601. The minimum Gasteiger partial charge on any atom is -0.496 e. The molecule has 0 amide bonds. The first-order valence-corrected chi connectivity index (χ1v) is 6.99. The number of alkyl halides is 1. The zero-order chi connectivity index (χ0) is 14.0. The molecule has 1 unspecified atom stereocenters. The molecule has 0 aromatic heterocycles. The fourth-order valence-corrected chi connectivity index (χ4v) is 2.64. The van der Waals surface area contributed by atoms with E-state index in [-0.39, 0.29) is 5.82 Å². The van der Waals surface area contributed by atoms with Gasteiger partial charge in [0.15, 0.2) is 0 Å². The molecule has 0 aliphatic heterocycles. The molecule has 0 N–H and O–H groups in total. The van der Waals surface area contributed by atoms with E-state index in [0.717, 1.165) is 15.6 Å². The highest BCUT2D eigenvalue weighted by molar-refractivity contribution is 9.10. The van der Waals surface area contributed by atoms with E-state index in [1.807, 2.05) is 25.1 Å². The Kier molecular flexibility index (Phi) is 4.48. The van der Waals surface area contributed by atoms with Crippen molar-refractivity contribution < 1.29 is 9.13 Å². The van der Waals surface area contributed by atoms with E-state index in [0.29, 0.717) is 11.3 Å². The summed E-state index contributed by atoms with van der Waals surface area (Å²) in [6.07, 6.45) is 0. The summed E-state index contributed by atoms with van der Waals surface area (Å²) < 4.78 is 20.0. The van der Waals surface area contributed by atoms with Crippen LogP contribution in [0.15, 0.2) is 40.9 Å². The monoisotopic (exact) mass is 342 g/mol. The third-order valence-corrected chi connectivity index (χ3v) is 3.85. The second kappa shape index (κ2) is 5.93. The summed E-state index contributed by atoms with van der Waals surface area (Å²) in [7, 11) is 1.58. The van der Waals surface area contributed by atoms with Crippen molar-refractivity contribution in [2.45, 2.75) is 12.3 Å². The number of hydrogen-bond donors (Lipinski definition) is 0. The number of ether oxygens (including phenoxy) is 1. The molecule has 2 rings (SSSR count). The van der Waals surface area contributed by atoms with Gasteiger partial charge in [0.2, 0.25) is 0 Å². The van der Waals surface area contributed by atoms with Gasteiger partial charge in [0.05, 0.1) is 12.5 Å². The van der Waals surface area contributed by atoms with Gasteiger partial charge in [-0.15, -0.1) is 11.6 Å². The number of hydrogen-bond acceptors (Lipinski definition) is 1. The molecular formula is C15H13BrClFO. The van der Waals surface area contributed by atoms with Crippen LogP contribution in [0.4, 0.5) is 4.39 Å². The van der Waals surface area contributed by atoms with Crippen LogP contribution in [0.3, 0.4) is 0 Å². The van der Waals surface area contributed by atoms with Gasteiger partial charge in [-0.25, -0.2) is 4.39 Å². The Morgan fingerprint density at radius 3 is 2.58 bits per heavy atom. The number of benzene rings is 2. The van der Waals surface area contributed by atoms with E-state index in [9.17, 15) is 4.39 Å². The first-order valence-electron chi connectivity index (χ1n) is 5.76. The SMILES string of the molecule is COc1ccc(C)cc1C(Cl)c1cc(Br)ccc1F. The lowest BCUT2D eigenvalue weighted by molar-refractivity contribution is 0.410. The molecule has 0 heterocycles. The second-order valence-electron chi connectivity index (χ2n) is 4.27. The Balaban J connectivity index is 2.51. The number of aryl methyl sites for hydroxylation is 1. The predicted octanol–water partition coefficient (Wildman–Crippen LogP) is 5.23. The minimum absolute atomic E-state index is 0.327. The van der Waals surface area contributed by atoms with E-state index >= 15 is 0 Å². The van der Waals surface area contributed by atoms with Crippen LogP contribution < -0.4 is 4.74 Å². The Morgan fingerprint density at radius 1 is 1.16 bits per heavy atom. The second-order valence-corrected chi connectivity index (χ2v) is 5.63. The third-order valence-electron chi connectivity index (χ3n) is 2.89. The lowest BCUT2D eigenvalue weighted by atomic mass is 10.0. The molecule has 0 spiro atoms. The fraction of sp³-hybridized carbons (Fsp3) is 0.200. The van der Waals surface area contributed by atoms with Gasteiger partial charge in [0.1, 0.15) is 11.6 Å². The predicted molar refractivity (Wildman–Crippen MR) is 79.5 cm³/mol. The van der Waals surface area contributed by atoms with Crippen LogP contribution in [0.5, 0.6) is 5.75 Å². The zero-order valence-electron chi connectivity index (χ0n) is 10.6. The van der Waals surface area contributed by atoms with Crippen molar-refractivity contribution >= 4 is 27.5 Å². The fourth-order valence-electron chi connectivity index (χ4n) is 1.93. The first-order chi connectivity index (χ1) is 9.02. The average molecular weight is 344 g/mol. The summed E-state index contributed by atoms with van der Waals surface area (Å²) in [6, 6.07) is 10.4. The topological polar surface area (TPSA) is 9.23 Å². The molecule has 19 heavy (non-hydrogen) atoms. The maximum atomic E-state index is 13.9. The number of rotatable bonds is 3. The third kappa shape index (κ3) is 3.10. The number of methoxy groups -OCH3 is 1. The Hall–Kier alpha value is -1.06. The molecule has 4 heteroatoms. The molecule has 1 atom stereocenters. The highest BCUT2D eigenvalue weighted by atomic mass is 79.9. The first kappa shape index (κ1) is 14.4. The molecule has 2 aromatic rings. The van der Waals surface area contributed by atoms with Crippen molar-refractivity contribution in [3.8, 4) is 5.75 Å². The maximum absolute atomic E-state index is 13.9. The van der Waals surface area contributed by atoms with Crippen LogP contribution >= 0.6 is 27.5 Å². The van der Waals surface area contributed by atoms with Crippen LogP contribution in [0.25, 0.3) is 0 Å². The van der Waals surface area contributed by atoms with Crippen molar-refractivity contribution in [1.29, 1.82) is 0 Å². The minimum atomic E-state index is -0.590. The van der Waals surface area contributed by atoms with E-state index in [2.05, 4.69) is 15.9 Å². The normalized spacial score (nSPS) is 12.3. The summed E-state index contributed by atoms with van der Waals surface area (Å²) >= 11 is 9.75. The van der Waals surface area contributed by atoms with Gasteiger partial charge in [-0.2, -0.15) is 0 Å². The van der Waals surface area contributed by atoms with Crippen LogP contribution in [0, 0.1) is 12.7 Å². The van der Waals surface area contributed by atoms with Crippen molar-refractivity contribution in [3.63, 3.8) is 0 Å². The van der Waals surface area contributed by atoms with Crippen molar-refractivity contribution in [2.75, 3.05) is 7.11 Å². The van der Waals surface area contributed by atoms with Crippen molar-refractivity contribution in [3.05, 3.63) is 63.4 Å². The van der Waals surface area contributed by atoms with Crippen LogP contribution in [-0.4, -0.2) is 7.11 Å². The lowest BCUT2D eigenvalue weighted by Crippen LogP contribution is -2.00. The molecule has 0 radical (unpaired) electrons. The summed E-state index contributed by atoms with van der Waals surface area (Å²) in [5.74, 6) is 0.330. The molecular weight excluding hydrogens is 331 g/mol. The molecule has 0 saturated carbocycles. The van der Waals surface area contributed by atoms with E-state index < -0.39 is 5.38 Å². The van der Waals surface area contributed by atoms with Crippen molar-refractivity contribution in [1.82, 2.24) is 0 Å². The molecule has 2 aromatic carbocycles. The highest BCUT2D eigenvalue weighted by Gasteiger charge is 2.19. The van der Waals surface area contributed by atoms with E-state index in [1.165, 1.54) is 6.07 Å². The average Bonchev–Trinajstić information content (AvgIpc) is 2.40. The maximum Gasteiger partial charge on any atom is 0.128 e. The summed E-state index contributed by atoms with van der Waals surface area (Å²) in [5, 5.41) is -0.590. The van der Waals surface area contributed by atoms with Gasteiger partial charge in [0, 0.05) is 15.6 Å². The standard InChI is InChI=1S/C15H13BrClFO/c1-9-3-6-14(19-2)12(7-9)15(17)11-8-10(16)4-5-13(11)18/h3-8,15H,1-2H3. The molecule has 0 saturated heterocycles. The summed E-state index contributed by atoms with van der Waals surface area (Å²) in [6.45, 7) is 1.96. The van der Waals surface area contributed by atoms with Gasteiger partial charge in [0.25, 0.3) is 0 Å². The molecule has 0 aliphatic carbocycles. The van der Waals surface area contributed by atoms with Gasteiger partial charge in [-0.1, -0.05) is 33.6 Å². The van der Waals surface area contributed by atoms with Crippen molar-refractivity contribution in [2.24, 2.45) is 0 Å². The lowest BCUT2D eigenvalue weighted by Gasteiger charge is -2.16. The van der Waals surface area contributed by atoms with Crippen LogP contribution in [0.2, 0.25) is 0 Å². The quantitative estimate of drug-likeness (QED) is 0.693. The molecule has 0 fully saturated rings.